The van der Waals surface area contributed by atoms with Crippen LogP contribution in [0.2, 0.25) is 0 Å². The minimum atomic E-state index is -0.161. The van der Waals surface area contributed by atoms with Gasteiger partial charge in [0.25, 0.3) is 0 Å². The molecule has 9 nitrogen and oxygen atoms in total. The van der Waals surface area contributed by atoms with Crippen LogP contribution >= 0.6 is 0 Å². The number of nitrogens with one attached hydrogen (secondary N) is 2. The van der Waals surface area contributed by atoms with Crippen LogP contribution in [0.3, 0.4) is 0 Å². The van der Waals surface area contributed by atoms with E-state index >= 15 is 0 Å². The number of fused-ring (bicyclic) bond motifs is 2. The molecule has 0 radical (unpaired) electrons. The van der Waals surface area contributed by atoms with Gasteiger partial charge in [0.15, 0.2) is 0 Å². The van der Waals surface area contributed by atoms with E-state index in [4.69, 9.17) is 9.47 Å². The Hall–Kier alpha value is -3.17. The molecule has 2 N–H and O–H groups in total. The van der Waals surface area contributed by atoms with Crippen molar-refractivity contribution in [2.75, 3.05) is 51.5 Å². The molecule has 2 amide bonds. The van der Waals surface area contributed by atoms with Crippen molar-refractivity contribution in [2.45, 2.75) is 33.1 Å². The molecule has 0 bridgehead atoms. The zero-order valence-electron chi connectivity index (χ0n) is 20.6. The normalized spacial score (nSPS) is 17.6. The molecule has 0 unspecified atom stereocenters. The summed E-state index contributed by atoms with van der Waals surface area (Å²) in [7, 11) is 1.61. The van der Waals surface area contributed by atoms with E-state index in [1.165, 1.54) is 11.3 Å². The van der Waals surface area contributed by atoms with Gasteiger partial charge >= 0.3 is 0 Å². The van der Waals surface area contributed by atoms with Crippen molar-refractivity contribution in [3.05, 3.63) is 35.5 Å². The van der Waals surface area contributed by atoms with E-state index in [9.17, 15) is 9.59 Å². The highest BCUT2D eigenvalue weighted by Crippen LogP contribution is 2.38. The van der Waals surface area contributed by atoms with E-state index in [2.05, 4.69) is 35.1 Å². The van der Waals surface area contributed by atoms with Crippen molar-refractivity contribution in [3.8, 4) is 11.4 Å². The summed E-state index contributed by atoms with van der Waals surface area (Å²) in [6, 6.07) is 8.05. The van der Waals surface area contributed by atoms with Crippen LogP contribution in [-0.4, -0.2) is 78.5 Å². The quantitative estimate of drug-likeness (QED) is 0.542. The van der Waals surface area contributed by atoms with E-state index in [1.807, 2.05) is 18.2 Å². The van der Waals surface area contributed by atoms with Crippen LogP contribution in [-0.2, 0) is 31.9 Å². The summed E-state index contributed by atoms with van der Waals surface area (Å²) in [5, 5.41) is 8.95. The summed E-state index contributed by atoms with van der Waals surface area (Å²) < 4.78 is 10.4. The SMILES string of the molecule is COCCN(C(=O)CN1CCOCC1=O)c1ccc2cc(-c3n[nH]c4c3CCC(C)(C)C4)[nH]c2c1. The third-order valence-corrected chi connectivity index (χ3v) is 7.06. The van der Waals surface area contributed by atoms with Crippen LogP contribution in [0.5, 0.6) is 0 Å². The number of hydrogen-bond acceptors (Lipinski definition) is 5. The first-order valence-corrected chi connectivity index (χ1v) is 12.2. The minimum absolute atomic E-state index is 0.0235. The molecule has 1 aliphatic carbocycles. The van der Waals surface area contributed by atoms with Crippen molar-refractivity contribution in [3.63, 3.8) is 0 Å². The molecular formula is C26H33N5O4. The Kier molecular flexibility index (Phi) is 6.37. The highest BCUT2D eigenvalue weighted by Gasteiger charge is 2.30. The number of amides is 2. The number of carbonyl (C=O) groups is 2. The van der Waals surface area contributed by atoms with E-state index in [0.717, 1.165) is 47.2 Å². The largest absolute Gasteiger partial charge is 0.383 e. The molecular weight excluding hydrogens is 446 g/mol. The molecule has 1 aliphatic heterocycles. The van der Waals surface area contributed by atoms with Gasteiger partial charge in [-0.3, -0.25) is 14.7 Å². The van der Waals surface area contributed by atoms with Crippen LogP contribution in [0.15, 0.2) is 24.3 Å². The second-order valence-electron chi connectivity index (χ2n) is 10.2. The lowest BCUT2D eigenvalue weighted by Crippen LogP contribution is -2.48. The maximum atomic E-state index is 13.2. The summed E-state index contributed by atoms with van der Waals surface area (Å²) >= 11 is 0. The first-order chi connectivity index (χ1) is 16.8. The van der Waals surface area contributed by atoms with E-state index in [1.54, 1.807) is 16.9 Å². The number of methoxy groups -OCH3 is 1. The molecule has 2 aromatic heterocycles. The Bertz CT molecular complexity index is 1240. The molecule has 2 aliphatic rings. The van der Waals surface area contributed by atoms with Crippen LogP contribution in [0.4, 0.5) is 5.69 Å². The molecule has 1 fully saturated rings. The monoisotopic (exact) mass is 479 g/mol. The lowest BCUT2D eigenvalue weighted by molar-refractivity contribution is -0.145. The predicted octanol–water partition coefficient (Wildman–Crippen LogP) is 2.91. The number of morpholine rings is 1. The number of benzene rings is 1. The van der Waals surface area contributed by atoms with Gasteiger partial charge in [-0.1, -0.05) is 19.9 Å². The Balaban J connectivity index is 1.41. The van der Waals surface area contributed by atoms with Crippen molar-refractivity contribution in [1.29, 1.82) is 0 Å². The van der Waals surface area contributed by atoms with Gasteiger partial charge in [-0.15, -0.1) is 0 Å². The molecule has 5 rings (SSSR count). The zero-order valence-corrected chi connectivity index (χ0v) is 20.6. The Morgan fingerprint density at radius 2 is 2.17 bits per heavy atom. The highest BCUT2D eigenvalue weighted by atomic mass is 16.5. The molecule has 0 atom stereocenters. The maximum Gasteiger partial charge on any atom is 0.249 e. The predicted molar refractivity (Wildman–Crippen MR) is 133 cm³/mol. The summed E-state index contributed by atoms with van der Waals surface area (Å²) in [6.45, 7) is 6.31. The van der Waals surface area contributed by atoms with Crippen molar-refractivity contribution < 1.29 is 19.1 Å². The molecule has 1 saturated heterocycles. The molecule has 3 aromatic rings. The standard InChI is InChI=1S/C26H33N5O4/c1-26(2)7-6-19-22(14-26)28-29-25(19)21-12-17-4-5-18(13-20(17)27-21)31(9-10-34-3)23(32)15-30-8-11-35-16-24(30)33/h4-5,12-13,27H,6-11,14-16H2,1-3H3,(H,28,29). The van der Waals surface area contributed by atoms with E-state index in [0.29, 0.717) is 26.3 Å². The number of carbonyl (C=O) groups excluding carboxylic acids is 2. The molecule has 0 spiro atoms. The molecule has 9 heteroatoms. The van der Waals surface area contributed by atoms with Crippen molar-refractivity contribution >= 4 is 28.4 Å². The summed E-state index contributed by atoms with van der Waals surface area (Å²) in [4.78, 5) is 32.1. The van der Waals surface area contributed by atoms with Crippen LogP contribution in [0.1, 0.15) is 31.5 Å². The molecule has 1 aromatic carbocycles. The third kappa shape index (κ3) is 4.83. The van der Waals surface area contributed by atoms with Gasteiger partial charge in [-0.25, -0.2) is 0 Å². The number of ether oxygens (including phenoxy) is 2. The summed E-state index contributed by atoms with van der Waals surface area (Å²) in [5.74, 6) is -0.307. The first kappa shape index (κ1) is 23.6. The van der Waals surface area contributed by atoms with Gasteiger partial charge in [0.05, 0.1) is 18.9 Å². The first-order valence-electron chi connectivity index (χ1n) is 12.2. The third-order valence-electron chi connectivity index (χ3n) is 7.06. The van der Waals surface area contributed by atoms with Crippen molar-refractivity contribution in [2.24, 2.45) is 5.41 Å². The minimum Gasteiger partial charge on any atom is -0.383 e. The van der Waals surface area contributed by atoms with Crippen LogP contribution in [0, 0.1) is 5.41 Å². The average molecular weight is 480 g/mol. The number of H-pyrrole nitrogens is 2. The number of hydrogen-bond donors (Lipinski definition) is 2. The smallest absolute Gasteiger partial charge is 0.249 e. The summed E-state index contributed by atoms with van der Waals surface area (Å²) in [6.07, 6.45) is 3.15. The number of nitrogens with zero attached hydrogens (tertiary/aromatic N) is 3. The topological polar surface area (TPSA) is 104 Å². The van der Waals surface area contributed by atoms with Gasteiger partial charge < -0.3 is 24.3 Å². The fraction of sp³-hybridized carbons (Fsp3) is 0.500. The number of anilines is 1. The second kappa shape index (κ2) is 9.47. The van der Waals surface area contributed by atoms with Crippen molar-refractivity contribution in [1.82, 2.24) is 20.1 Å². The number of aromatic amines is 2. The Morgan fingerprint density at radius 3 is 2.97 bits per heavy atom. The van der Waals surface area contributed by atoms with Gasteiger partial charge in [0, 0.05) is 48.0 Å². The lowest BCUT2D eigenvalue weighted by Gasteiger charge is -2.29. The highest BCUT2D eigenvalue weighted by molar-refractivity contribution is 5.99. The average Bonchev–Trinajstić information content (AvgIpc) is 3.43. The summed E-state index contributed by atoms with van der Waals surface area (Å²) in [5.41, 5.74) is 6.46. The van der Waals surface area contributed by atoms with E-state index < -0.39 is 0 Å². The molecule has 35 heavy (non-hydrogen) atoms. The van der Waals surface area contributed by atoms with Gasteiger partial charge in [0.1, 0.15) is 18.8 Å². The number of rotatable bonds is 7. The zero-order chi connectivity index (χ0) is 24.6. The number of aromatic nitrogens is 3. The van der Waals surface area contributed by atoms with E-state index in [-0.39, 0.29) is 30.4 Å². The van der Waals surface area contributed by atoms with Crippen LogP contribution < -0.4 is 4.90 Å². The Labute approximate surface area is 204 Å². The molecule has 0 saturated carbocycles. The molecule has 186 valence electrons. The van der Waals surface area contributed by atoms with Gasteiger partial charge in [0.2, 0.25) is 11.8 Å². The second-order valence-corrected chi connectivity index (χ2v) is 10.2. The van der Waals surface area contributed by atoms with Crippen LogP contribution in [0.25, 0.3) is 22.3 Å². The fourth-order valence-electron chi connectivity index (χ4n) is 5.03. The molecule has 3 heterocycles. The lowest BCUT2D eigenvalue weighted by atomic mass is 9.76. The fourth-order valence-corrected chi connectivity index (χ4v) is 5.03. The Morgan fingerprint density at radius 1 is 1.31 bits per heavy atom. The maximum absolute atomic E-state index is 13.2. The van der Waals surface area contributed by atoms with Gasteiger partial charge in [-0.05, 0) is 42.9 Å². The van der Waals surface area contributed by atoms with Gasteiger partial charge in [-0.2, -0.15) is 5.10 Å².